The molecule has 2 aromatic rings. The Morgan fingerprint density at radius 1 is 1.18 bits per heavy atom. The van der Waals surface area contributed by atoms with E-state index in [9.17, 15) is 4.79 Å². The van der Waals surface area contributed by atoms with E-state index in [1.165, 1.54) is 0 Å². The van der Waals surface area contributed by atoms with Crippen LogP contribution in [0.2, 0.25) is 5.02 Å². The summed E-state index contributed by atoms with van der Waals surface area (Å²) in [6.07, 6.45) is 0.468. The average molecular weight is 400 g/mol. The van der Waals surface area contributed by atoms with E-state index in [2.05, 4.69) is 10.5 Å². The summed E-state index contributed by atoms with van der Waals surface area (Å²) in [5.41, 5.74) is 2.62. The number of benzene rings is 2. The summed E-state index contributed by atoms with van der Waals surface area (Å²) in [5, 5.41) is 7.96. The van der Waals surface area contributed by atoms with Crippen LogP contribution in [0.3, 0.4) is 0 Å². The number of hydrogen-bond donors (Lipinski definition) is 1. The second-order valence-corrected chi connectivity index (χ2v) is 8.46. The minimum absolute atomic E-state index is 0.111. The Morgan fingerprint density at radius 2 is 1.86 bits per heavy atom. The number of carbonyl (C=O) groups excluding carboxylic acids is 1. The van der Waals surface area contributed by atoms with E-state index in [0.717, 1.165) is 16.8 Å². The average Bonchev–Trinajstić information content (AvgIpc) is 3.10. The quantitative estimate of drug-likeness (QED) is 0.781. The summed E-state index contributed by atoms with van der Waals surface area (Å²) in [6, 6.07) is 17.4. The molecule has 28 heavy (non-hydrogen) atoms. The molecule has 3 rings (SSSR count). The van der Waals surface area contributed by atoms with Gasteiger partial charge < -0.3 is 15.1 Å². The van der Waals surface area contributed by atoms with Gasteiger partial charge in [-0.3, -0.25) is 0 Å². The van der Waals surface area contributed by atoms with Crippen LogP contribution in [0.15, 0.2) is 59.8 Å². The predicted molar refractivity (Wildman–Crippen MR) is 113 cm³/mol. The molecule has 0 bridgehead atoms. The highest BCUT2D eigenvalue weighted by atomic mass is 35.5. The molecule has 2 aromatic carbocycles. The van der Waals surface area contributed by atoms with Crippen molar-refractivity contribution in [3.8, 4) is 0 Å². The maximum absolute atomic E-state index is 12.8. The fourth-order valence-electron chi connectivity index (χ4n) is 3.01. The zero-order valence-corrected chi connectivity index (χ0v) is 17.2. The van der Waals surface area contributed by atoms with Crippen molar-refractivity contribution < 1.29 is 9.63 Å². The molecule has 1 aliphatic heterocycles. The number of nitrogens with zero attached hydrogens (tertiary/aromatic N) is 2. The minimum Gasteiger partial charge on any atom is -0.390 e. The fraction of sp³-hybridized carbons (Fsp3) is 0.364. The zero-order valence-electron chi connectivity index (χ0n) is 16.5. The van der Waals surface area contributed by atoms with Crippen molar-refractivity contribution in [3.05, 3.63) is 70.7 Å². The Balaban J connectivity index is 1.67. The maximum Gasteiger partial charge on any atom is 0.318 e. The summed E-state index contributed by atoms with van der Waals surface area (Å²) in [7, 11) is 0. The molecule has 0 saturated heterocycles. The second-order valence-electron chi connectivity index (χ2n) is 8.02. The normalized spacial score (nSPS) is 16.3. The number of halogens is 1. The first-order valence-corrected chi connectivity index (χ1v) is 9.77. The Labute approximate surface area is 171 Å². The van der Waals surface area contributed by atoms with Crippen LogP contribution in [0.25, 0.3) is 0 Å². The van der Waals surface area contributed by atoms with E-state index in [-0.39, 0.29) is 17.7 Å². The molecule has 0 radical (unpaired) electrons. The molecule has 6 heteroatoms. The third-order valence-corrected chi connectivity index (χ3v) is 4.57. The van der Waals surface area contributed by atoms with Crippen molar-refractivity contribution in [2.24, 2.45) is 5.16 Å². The van der Waals surface area contributed by atoms with E-state index >= 15 is 0 Å². The second kappa shape index (κ2) is 8.65. The topological polar surface area (TPSA) is 53.9 Å². The molecule has 0 aromatic heterocycles. The van der Waals surface area contributed by atoms with Gasteiger partial charge in [0.2, 0.25) is 0 Å². The molecule has 1 heterocycles. The number of rotatable bonds is 5. The van der Waals surface area contributed by atoms with Gasteiger partial charge in [0.15, 0.2) is 6.10 Å². The lowest BCUT2D eigenvalue weighted by Crippen LogP contribution is -2.50. The van der Waals surface area contributed by atoms with E-state index in [1.807, 2.05) is 75.4 Å². The Kier molecular flexibility index (Phi) is 6.25. The van der Waals surface area contributed by atoms with Gasteiger partial charge in [0.05, 0.1) is 12.3 Å². The third-order valence-electron chi connectivity index (χ3n) is 4.32. The van der Waals surface area contributed by atoms with Crippen molar-refractivity contribution in [1.29, 1.82) is 0 Å². The van der Waals surface area contributed by atoms with Gasteiger partial charge in [-0.25, -0.2) is 4.79 Å². The summed E-state index contributed by atoms with van der Waals surface area (Å²) >= 11 is 5.96. The van der Waals surface area contributed by atoms with Crippen LogP contribution in [0.5, 0.6) is 0 Å². The van der Waals surface area contributed by atoms with Gasteiger partial charge in [0.25, 0.3) is 0 Å². The standard InChI is InChI=1S/C22H26ClN3O2/c1-22(2,3)24-21(27)26(14-16-7-5-4-6-8-16)15-19-13-20(25-28-19)17-9-11-18(23)12-10-17/h4-12,19H,13-15H2,1-3H3,(H,24,27)/t19-/m1/s1. The number of amides is 2. The van der Waals surface area contributed by atoms with Crippen LogP contribution < -0.4 is 5.32 Å². The van der Waals surface area contributed by atoms with Crippen LogP contribution >= 0.6 is 11.6 Å². The van der Waals surface area contributed by atoms with Gasteiger partial charge in [-0.15, -0.1) is 0 Å². The minimum atomic E-state index is -0.312. The van der Waals surface area contributed by atoms with Crippen LogP contribution in [-0.4, -0.2) is 34.8 Å². The predicted octanol–water partition coefficient (Wildman–Crippen LogP) is 4.84. The van der Waals surface area contributed by atoms with Gasteiger partial charge >= 0.3 is 6.03 Å². The number of hydrogen-bond acceptors (Lipinski definition) is 3. The monoisotopic (exact) mass is 399 g/mol. The van der Waals surface area contributed by atoms with Crippen LogP contribution in [0.4, 0.5) is 4.79 Å². The Bertz CT molecular complexity index is 829. The fourth-order valence-corrected chi connectivity index (χ4v) is 3.13. The molecule has 0 unspecified atom stereocenters. The van der Waals surface area contributed by atoms with Crippen molar-refractivity contribution in [1.82, 2.24) is 10.2 Å². The van der Waals surface area contributed by atoms with E-state index in [4.69, 9.17) is 16.4 Å². The largest absolute Gasteiger partial charge is 0.390 e. The molecule has 1 aliphatic rings. The number of carbonyl (C=O) groups is 1. The molecule has 1 N–H and O–H groups in total. The van der Waals surface area contributed by atoms with E-state index in [0.29, 0.717) is 24.5 Å². The van der Waals surface area contributed by atoms with E-state index < -0.39 is 0 Å². The Hall–Kier alpha value is -2.53. The van der Waals surface area contributed by atoms with Gasteiger partial charge in [-0.1, -0.05) is 59.2 Å². The first kappa shape index (κ1) is 20.2. The highest BCUT2D eigenvalue weighted by Crippen LogP contribution is 2.20. The lowest BCUT2D eigenvalue weighted by atomic mass is 10.0. The van der Waals surface area contributed by atoms with Crippen LogP contribution in [0.1, 0.15) is 38.3 Å². The van der Waals surface area contributed by atoms with Crippen molar-refractivity contribution in [2.75, 3.05) is 6.54 Å². The lowest BCUT2D eigenvalue weighted by Gasteiger charge is -2.29. The van der Waals surface area contributed by atoms with Gasteiger partial charge in [-0.2, -0.15) is 0 Å². The van der Waals surface area contributed by atoms with Crippen LogP contribution in [-0.2, 0) is 11.4 Å². The van der Waals surface area contributed by atoms with E-state index in [1.54, 1.807) is 4.90 Å². The number of oxime groups is 1. The maximum atomic E-state index is 12.8. The molecule has 2 amide bonds. The smallest absolute Gasteiger partial charge is 0.318 e. The summed E-state index contributed by atoms with van der Waals surface area (Å²) < 4.78 is 0. The van der Waals surface area contributed by atoms with Crippen molar-refractivity contribution >= 4 is 23.3 Å². The highest BCUT2D eigenvalue weighted by molar-refractivity contribution is 6.30. The van der Waals surface area contributed by atoms with Crippen molar-refractivity contribution in [3.63, 3.8) is 0 Å². The van der Waals surface area contributed by atoms with Crippen molar-refractivity contribution in [2.45, 2.75) is 45.4 Å². The molecule has 5 nitrogen and oxygen atoms in total. The molecule has 0 fully saturated rings. The summed E-state index contributed by atoms with van der Waals surface area (Å²) in [6.45, 7) is 6.88. The molecule has 0 saturated carbocycles. The SMILES string of the molecule is CC(C)(C)NC(=O)N(Cc1ccccc1)C[C@H]1CC(c2ccc(Cl)cc2)=NO1. The van der Waals surface area contributed by atoms with Gasteiger partial charge in [0, 0.05) is 23.5 Å². The summed E-state index contributed by atoms with van der Waals surface area (Å²) in [5.74, 6) is 0. The molecular weight excluding hydrogens is 374 g/mol. The first-order chi connectivity index (χ1) is 13.3. The van der Waals surface area contributed by atoms with Gasteiger partial charge in [-0.05, 0) is 44.0 Å². The van der Waals surface area contributed by atoms with Crippen LogP contribution in [0, 0.1) is 0 Å². The molecule has 0 aliphatic carbocycles. The Morgan fingerprint density at radius 3 is 2.50 bits per heavy atom. The molecule has 148 valence electrons. The highest BCUT2D eigenvalue weighted by Gasteiger charge is 2.28. The lowest BCUT2D eigenvalue weighted by molar-refractivity contribution is 0.0580. The summed E-state index contributed by atoms with van der Waals surface area (Å²) in [4.78, 5) is 20.3. The molecule has 0 spiro atoms. The third kappa shape index (κ3) is 5.73. The number of nitrogens with one attached hydrogen (secondary N) is 1. The zero-order chi connectivity index (χ0) is 20.1. The molecule has 1 atom stereocenters. The molecular formula is C22H26ClN3O2. The number of urea groups is 1. The first-order valence-electron chi connectivity index (χ1n) is 9.40. The van der Waals surface area contributed by atoms with Gasteiger partial charge in [0.1, 0.15) is 0 Å².